The van der Waals surface area contributed by atoms with Crippen LogP contribution in [-0.4, -0.2) is 45.2 Å². The van der Waals surface area contributed by atoms with Crippen LogP contribution in [-0.2, 0) is 9.59 Å². The van der Waals surface area contributed by atoms with Crippen molar-refractivity contribution in [3.8, 4) is 23.0 Å². The lowest BCUT2D eigenvalue weighted by molar-refractivity contribution is -0.126. The largest absolute Gasteiger partial charge is 0.494 e. The number of carbonyl (C=O) groups is 2. The molecule has 0 aliphatic heterocycles. The molecule has 2 aromatic carbocycles. The first kappa shape index (κ1) is 24.9. The molecule has 2 rings (SSSR count). The topological polar surface area (TPSA) is 99.0 Å². The van der Waals surface area contributed by atoms with Crippen LogP contribution < -0.4 is 23.4 Å². The maximum absolute atomic E-state index is 13.0. The lowest BCUT2D eigenvalue weighted by atomic mass is 10.2. The summed E-state index contributed by atoms with van der Waals surface area (Å²) in [5.74, 6) is 0.605. The molecule has 0 bridgehead atoms. The smallest absolute Gasteiger partial charge is 0.276 e. The number of hydrogen-bond acceptors (Lipinski definition) is 8. The highest BCUT2D eigenvalue weighted by molar-refractivity contribution is 6.39. The van der Waals surface area contributed by atoms with Crippen molar-refractivity contribution in [3.05, 3.63) is 36.4 Å². The molecule has 1 unspecified atom stereocenters. The van der Waals surface area contributed by atoms with Gasteiger partial charge in [0, 0.05) is 36.0 Å². The Bertz CT molecular complexity index is 958. The summed E-state index contributed by atoms with van der Waals surface area (Å²) < 4.78 is 22.2. The van der Waals surface area contributed by atoms with E-state index in [0.29, 0.717) is 41.9 Å². The van der Waals surface area contributed by atoms with Gasteiger partial charge in [0.25, 0.3) is 5.91 Å². The van der Waals surface area contributed by atoms with Crippen LogP contribution in [0.25, 0.3) is 0 Å². The Labute approximate surface area is 192 Å². The fraction of sp³-hybridized carbons (Fsp3) is 0.364. The third-order valence-corrected chi connectivity index (χ3v) is 4.54. The van der Waals surface area contributed by atoms with Crippen LogP contribution >= 0.6 is 11.8 Å². The van der Waals surface area contributed by atoms with Crippen molar-refractivity contribution >= 4 is 34.8 Å². The Morgan fingerprint density at radius 3 is 2.06 bits per heavy atom. The van der Waals surface area contributed by atoms with Crippen LogP contribution in [0.5, 0.6) is 23.0 Å². The molecule has 0 saturated carbocycles. The van der Waals surface area contributed by atoms with E-state index in [1.165, 1.54) is 21.1 Å². The Hall–Kier alpha value is -3.33. The van der Waals surface area contributed by atoms with Gasteiger partial charge in [0.15, 0.2) is 17.3 Å². The molecule has 0 aliphatic carbocycles. The quantitative estimate of drug-likeness (QED) is 0.271. The number of carbonyl (C=O) groups excluding carboxylic acids is 2. The molecule has 0 radical (unpaired) electrons. The van der Waals surface area contributed by atoms with Crippen molar-refractivity contribution in [1.29, 1.82) is 0 Å². The Morgan fingerprint density at radius 2 is 1.56 bits per heavy atom. The number of anilines is 1. The minimum Gasteiger partial charge on any atom is -0.494 e. The summed E-state index contributed by atoms with van der Waals surface area (Å²) in [5, 5.41) is 7.95. The SMILES string of the molecule is CCOc1cc(OCC)cc(N(Cl)C(=O)C(N=Nc2ccc(OC)c(OC)c2)C(C)=O)c1. The van der Waals surface area contributed by atoms with Gasteiger partial charge >= 0.3 is 0 Å². The number of benzene rings is 2. The summed E-state index contributed by atoms with van der Waals surface area (Å²) in [4.78, 5) is 25.1. The maximum atomic E-state index is 13.0. The summed E-state index contributed by atoms with van der Waals surface area (Å²) in [5.41, 5.74) is 0.651. The first-order valence-electron chi connectivity index (χ1n) is 9.88. The van der Waals surface area contributed by atoms with Gasteiger partial charge in [0.1, 0.15) is 11.5 Å². The number of halogens is 1. The van der Waals surface area contributed by atoms with Crippen molar-refractivity contribution < 1.29 is 28.5 Å². The summed E-state index contributed by atoms with van der Waals surface area (Å²) in [7, 11) is 3.00. The molecule has 10 heteroatoms. The van der Waals surface area contributed by atoms with Crippen LogP contribution in [0.3, 0.4) is 0 Å². The number of rotatable bonds is 11. The highest BCUT2D eigenvalue weighted by Crippen LogP contribution is 2.32. The van der Waals surface area contributed by atoms with Gasteiger partial charge in [0.05, 0.1) is 38.8 Å². The third-order valence-electron chi connectivity index (χ3n) is 4.18. The molecule has 0 aliphatic rings. The molecule has 1 atom stereocenters. The molecule has 0 N–H and O–H groups in total. The molecule has 1 amide bonds. The van der Waals surface area contributed by atoms with Crippen molar-refractivity contribution in [1.82, 2.24) is 0 Å². The van der Waals surface area contributed by atoms with Crippen molar-refractivity contribution in [2.24, 2.45) is 10.2 Å². The molecule has 0 aromatic heterocycles. The molecule has 0 spiro atoms. The number of methoxy groups -OCH3 is 2. The zero-order valence-electron chi connectivity index (χ0n) is 18.6. The average Bonchev–Trinajstić information content (AvgIpc) is 2.78. The summed E-state index contributed by atoms with van der Waals surface area (Å²) in [6.45, 7) is 5.73. The summed E-state index contributed by atoms with van der Waals surface area (Å²) in [6, 6.07) is 8.21. The first-order valence-corrected chi connectivity index (χ1v) is 10.2. The Morgan fingerprint density at radius 1 is 0.969 bits per heavy atom. The lowest BCUT2D eigenvalue weighted by Gasteiger charge is -2.19. The first-order chi connectivity index (χ1) is 15.3. The molecule has 2 aromatic rings. The van der Waals surface area contributed by atoms with Crippen LogP contribution in [0.2, 0.25) is 0 Å². The minimum absolute atomic E-state index is 0.277. The van der Waals surface area contributed by atoms with Crippen LogP contribution in [0.4, 0.5) is 11.4 Å². The predicted octanol–water partition coefficient (Wildman–Crippen LogP) is 4.73. The molecule has 32 heavy (non-hydrogen) atoms. The number of amides is 1. The number of ether oxygens (including phenoxy) is 4. The van der Waals surface area contributed by atoms with E-state index < -0.39 is 17.7 Å². The number of ketones is 1. The highest BCUT2D eigenvalue weighted by Gasteiger charge is 2.29. The van der Waals surface area contributed by atoms with Crippen molar-refractivity contribution in [2.75, 3.05) is 31.9 Å². The van der Waals surface area contributed by atoms with Gasteiger partial charge in [-0.15, -0.1) is 0 Å². The van der Waals surface area contributed by atoms with Gasteiger partial charge in [-0.2, -0.15) is 10.2 Å². The minimum atomic E-state index is -1.44. The molecule has 0 heterocycles. The fourth-order valence-corrected chi connectivity index (χ4v) is 2.91. The molecule has 0 saturated heterocycles. The third kappa shape index (κ3) is 6.34. The van der Waals surface area contributed by atoms with E-state index in [4.69, 9.17) is 30.7 Å². The number of nitrogens with zero attached hydrogens (tertiary/aromatic N) is 3. The zero-order chi connectivity index (χ0) is 23.7. The summed E-state index contributed by atoms with van der Waals surface area (Å²) in [6.07, 6.45) is 0. The molecule has 9 nitrogen and oxygen atoms in total. The number of azo groups is 1. The van der Waals surface area contributed by atoms with Gasteiger partial charge in [-0.25, -0.2) is 4.42 Å². The number of Topliss-reactive ketones (excluding diaryl/α,β-unsaturated/α-hetero) is 1. The molecule has 172 valence electrons. The molecular formula is C22H26ClN3O6. The fourth-order valence-electron chi connectivity index (χ4n) is 2.72. The molecular weight excluding hydrogens is 438 g/mol. The Kier molecular flexibility index (Phi) is 9.27. The maximum Gasteiger partial charge on any atom is 0.276 e. The van der Waals surface area contributed by atoms with Gasteiger partial charge in [-0.1, -0.05) is 0 Å². The van der Waals surface area contributed by atoms with Crippen LogP contribution in [0.15, 0.2) is 46.6 Å². The number of hydrogen-bond donors (Lipinski definition) is 0. The van der Waals surface area contributed by atoms with E-state index in [0.717, 1.165) is 4.42 Å². The van der Waals surface area contributed by atoms with Gasteiger partial charge < -0.3 is 18.9 Å². The van der Waals surface area contributed by atoms with E-state index in [1.54, 1.807) is 36.4 Å². The van der Waals surface area contributed by atoms with Gasteiger partial charge in [-0.3, -0.25) is 9.59 Å². The Balaban J connectivity index is 2.31. The van der Waals surface area contributed by atoms with Gasteiger partial charge in [-0.05, 0) is 32.9 Å². The lowest BCUT2D eigenvalue weighted by Crippen LogP contribution is -2.36. The normalized spacial score (nSPS) is 11.7. The van der Waals surface area contributed by atoms with E-state index in [2.05, 4.69) is 10.2 Å². The monoisotopic (exact) mass is 463 g/mol. The highest BCUT2D eigenvalue weighted by atomic mass is 35.5. The summed E-state index contributed by atoms with van der Waals surface area (Å²) >= 11 is 6.29. The molecule has 0 fully saturated rings. The van der Waals surface area contributed by atoms with Crippen molar-refractivity contribution in [3.63, 3.8) is 0 Å². The van der Waals surface area contributed by atoms with E-state index >= 15 is 0 Å². The van der Waals surface area contributed by atoms with Gasteiger partial charge in [0.2, 0.25) is 6.04 Å². The average molecular weight is 464 g/mol. The second-order valence-corrected chi connectivity index (χ2v) is 6.75. The van der Waals surface area contributed by atoms with Crippen LogP contribution in [0.1, 0.15) is 20.8 Å². The van der Waals surface area contributed by atoms with Crippen molar-refractivity contribution in [2.45, 2.75) is 26.8 Å². The van der Waals surface area contributed by atoms with E-state index in [-0.39, 0.29) is 5.69 Å². The standard InChI is InChI=1S/C22H26ClN3O6/c1-6-31-17-11-16(12-18(13-17)32-7-2)26(23)22(28)21(14(3)27)25-24-15-8-9-19(29-4)20(10-15)30-5/h8-13,21H,6-7H2,1-5H3. The van der Waals surface area contributed by atoms with Crippen LogP contribution in [0, 0.1) is 0 Å². The predicted molar refractivity (Wildman–Crippen MR) is 121 cm³/mol. The van der Waals surface area contributed by atoms with E-state index in [9.17, 15) is 9.59 Å². The second kappa shape index (κ2) is 11.9. The second-order valence-electron chi connectivity index (χ2n) is 6.42. The van der Waals surface area contributed by atoms with E-state index in [1.807, 2.05) is 13.8 Å². The zero-order valence-corrected chi connectivity index (χ0v) is 19.4.